The van der Waals surface area contributed by atoms with Crippen molar-refractivity contribution in [3.8, 4) is 17.2 Å². The number of methoxy groups -OCH3 is 3. The average molecular weight is 554 g/mol. The summed E-state index contributed by atoms with van der Waals surface area (Å²) >= 11 is 0. The zero-order chi connectivity index (χ0) is 22.2. The number of hydrogen-bond acceptors (Lipinski definition) is 5. The number of aliphatic imine (C=N–C) groups is 1. The maximum Gasteiger partial charge on any atom is 0.225 e. The molecule has 3 rings (SSSR count). The van der Waals surface area contributed by atoms with Gasteiger partial charge in [0.15, 0.2) is 5.96 Å². The maximum absolute atomic E-state index is 12.1. The third kappa shape index (κ3) is 6.18. The summed E-state index contributed by atoms with van der Waals surface area (Å²) in [5.74, 6) is 2.70. The number of nitrogens with zero attached hydrogens (tertiary/aromatic N) is 1. The van der Waals surface area contributed by atoms with Crippen LogP contribution < -0.4 is 30.2 Å². The number of ether oxygens (including phenoxy) is 3. The van der Waals surface area contributed by atoms with Crippen molar-refractivity contribution in [1.82, 2.24) is 10.6 Å². The van der Waals surface area contributed by atoms with Crippen LogP contribution in [0.1, 0.15) is 30.4 Å². The van der Waals surface area contributed by atoms with Crippen LogP contribution in [0.5, 0.6) is 17.2 Å². The van der Waals surface area contributed by atoms with Gasteiger partial charge in [0.2, 0.25) is 5.91 Å². The molecule has 1 aliphatic rings. The summed E-state index contributed by atoms with van der Waals surface area (Å²) in [4.78, 5) is 16.8. The number of para-hydroxylation sites is 1. The quantitative estimate of drug-likeness (QED) is 0.263. The van der Waals surface area contributed by atoms with E-state index in [-0.39, 0.29) is 35.8 Å². The van der Waals surface area contributed by atoms with Crippen molar-refractivity contribution in [2.24, 2.45) is 4.99 Å². The molecule has 1 atom stereocenters. The Balaban J connectivity index is 0.00000363. The van der Waals surface area contributed by atoms with E-state index < -0.39 is 0 Å². The molecule has 0 aromatic heterocycles. The van der Waals surface area contributed by atoms with Crippen molar-refractivity contribution in [2.75, 3.05) is 39.7 Å². The van der Waals surface area contributed by atoms with Gasteiger partial charge in [-0.15, -0.1) is 24.0 Å². The molecule has 9 heteroatoms. The first kappa shape index (κ1) is 25.6. The number of carbonyl (C=O) groups excluding carboxylic acids is 1. The van der Waals surface area contributed by atoms with Crippen molar-refractivity contribution in [3.63, 3.8) is 0 Å². The van der Waals surface area contributed by atoms with Crippen molar-refractivity contribution in [1.29, 1.82) is 0 Å². The van der Waals surface area contributed by atoms with Crippen LogP contribution in [0, 0.1) is 0 Å². The van der Waals surface area contributed by atoms with Gasteiger partial charge in [0.1, 0.15) is 17.2 Å². The lowest BCUT2D eigenvalue weighted by Gasteiger charge is -2.26. The fraction of sp³-hybridized carbons (Fsp3) is 0.391. The first-order chi connectivity index (χ1) is 15.1. The average Bonchev–Trinajstić information content (AvgIpc) is 2.79. The Kier molecular flexibility index (Phi) is 9.89. The van der Waals surface area contributed by atoms with Crippen molar-refractivity contribution < 1.29 is 19.0 Å². The monoisotopic (exact) mass is 554 g/mol. The van der Waals surface area contributed by atoms with E-state index in [1.807, 2.05) is 37.3 Å². The number of anilines is 1. The third-order valence-corrected chi connectivity index (χ3v) is 5.18. The largest absolute Gasteiger partial charge is 0.496 e. The number of benzene rings is 2. The van der Waals surface area contributed by atoms with Crippen LogP contribution in [0.4, 0.5) is 5.69 Å². The summed E-state index contributed by atoms with van der Waals surface area (Å²) in [6, 6.07) is 11.5. The van der Waals surface area contributed by atoms with E-state index in [1.54, 1.807) is 21.3 Å². The van der Waals surface area contributed by atoms with Crippen LogP contribution in [0.3, 0.4) is 0 Å². The molecule has 0 aliphatic carbocycles. The first-order valence-corrected chi connectivity index (χ1v) is 10.3. The zero-order valence-electron chi connectivity index (χ0n) is 18.9. The van der Waals surface area contributed by atoms with Crippen LogP contribution in [-0.2, 0) is 11.3 Å². The number of fused-ring (bicyclic) bond motifs is 1. The Bertz CT molecular complexity index is 926. The molecule has 2 aromatic rings. The highest BCUT2D eigenvalue weighted by molar-refractivity contribution is 14.0. The van der Waals surface area contributed by atoms with E-state index in [0.29, 0.717) is 49.3 Å². The molecule has 1 aliphatic heterocycles. The van der Waals surface area contributed by atoms with Gasteiger partial charge in [-0.1, -0.05) is 18.2 Å². The number of hydrogen-bond donors (Lipinski definition) is 3. The molecule has 1 amide bonds. The second-order valence-electron chi connectivity index (χ2n) is 7.12. The number of carbonyl (C=O) groups is 1. The highest BCUT2D eigenvalue weighted by Crippen LogP contribution is 2.34. The van der Waals surface area contributed by atoms with Gasteiger partial charge in [0, 0.05) is 43.2 Å². The Morgan fingerprint density at radius 3 is 2.41 bits per heavy atom. The van der Waals surface area contributed by atoms with Gasteiger partial charge in [0.25, 0.3) is 0 Å². The standard InChI is InChI=1S/C23H30N4O4.HI/c1-5-24-23(25-13-15-10-22(28)27-19-9-7-6-8-17(15)19)26-14-18-20(30-3)11-16(29-2)12-21(18)31-4;/h6-9,11-12,15H,5,10,13-14H2,1-4H3,(H,27,28)(H2,24,25,26);1H. The number of halogens is 1. The molecule has 0 fully saturated rings. The van der Waals surface area contributed by atoms with E-state index >= 15 is 0 Å². The van der Waals surface area contributed by atoms with Gasteiger partial charge < -0.3 is 30.2 Å². The molecule has 0 saturated carbocycles. The van der Waals surface area contributed by atoms with Crippen LogP contribution in [-0.4, -0.2) is 46.3 Å². The summed E-state index contributed by atoms with van der Waals surface area (Å²) in [5.41, 5.74) is 2.83. The molecule has 0 radical (unpaired) electrons. The summed E-state index contributed by atoms with van der Waals surface area (Å²) in [6.45, 7) is 3.67. The zero-order valence-corrected chi connectivity index (χ0v) is 21.2. The van der Waals surface area contributed by atoms with Gasteiger partial charge in [-0.3, -0.25) is 4.79 Å². The fourth-order valence-electron chi connectivity index (χ4n) is 3.64. The van der Waals surface area contributed by atoms with Crippen molar-refractivity contribution in [2.45, 2.75) is 25.8 Å². The van der Waals surface area contributed by atoms with Gasteiger partial charge >= 0.3 is 0 Å². The molecule has 32 heavy (non-hydrogen) atoms. The van der Waals surface area contributed by atoms with E-state index in [0.717, 1.165) is 16.8 Å². The predicted molar refractivity (Wildman–Crippen MR) is 137 cm³/mol. The normalized spacial score (nSPS) is 15.1. The lowest BCUT2D eigenvalue weighted by atomic mass is 9.90. The van der Waals surface area contributed by atoms with Crippen LogP contribution in [0.2, 0.25) is 0 Å². The molecule has 1 unspecified atom stereocenters. The molecule has 8 nitrogen and oxygen atoms in total. The highest BCUT2D eigenvalue weighted by Gasteiger charge is 2.24. The van der Waals surface area contributed by atoms with E-state index in [9.17, 15) is 4.79 Å². The van der Waals surface area contributed by atoms with Crippen molar-refractivity contribution >= 4 is 41.5 Å². The Morgan fingerprint density at radius 2 is 1.78 bits per heavy atom. The number of amides is 1. The smallest absolute Gasteiger partial charge is 0.225 e. The van der Waals surface area contributed by atoms with Crippen LogP contribution in [0.25, 0.3) is 0 Å². The maximum atomic E-state index is 12.1. The molecule has 1 heterocycles. The van der Waals surface area contributed by atoms with Crippen LogP contribution >= 0.6 is 24.0 Å². The van der Waals surface area contributed by atoms with Gasteiger partial charge in [-0.05, 0) is 18.6 Å². The lowest BCUT2D eigenvalue weighted by molar-refractivity contribution is -0.116. The minimum absolute atomic E-state index is 0. The topological polar surface area (TPSA) is 93.2 Å². The highest BCUT2D eigenvalue weighted by atomic mass is 127. The summed E-state index contributed by atoms with van der Waals surface area (Å²) < 4.78 is 16.3. The summed E-state index contributed by atoms with van der Waals surface area (Å²) in [5, 5.41) is 9.56. The molecule has 174 valence electrons. The van der Waals surface area contributed by atoms with Gasteiger partial charge in [-0.25, -0.2) is 4.99 Å². The van der Waals surface area contributed by atoms with E-state index in [2.05, 4.69) is 22.0 Å². The molecule has 3 N–H and O–H groups in total. The summed E-state index contributed by atoms with van der Waals surface area (Å²) in [7, 11) is 4.82. The number of nitrogens with one attached hydrogen (secondary N) is 3. The number of rotatable bonds is 8. The Hall–Kier alpha value is -2.69. The SMILES string of the molecule is CCNC(=NCc1c(OC)cc(OC)cc1OC)NCC1CC(=O)Nc2ccccc21.I. The van der Waals surface area contributed by atoms with Gasteiger partial charge in [-0.2, -0.15) is 0 Å². The molecule has 0 spiro atoms. The molecule has 0 saturated heterocycles. The predicted octanol–water partition coefficient (Wildman–Crippen LogP) is 3.51. The lowest BCUT2D eigenvalue weighted by Crippen LogP contribution is -2.40. The first-order valence-electron chi connectivity index (χ1n) is 10.3. The third-order valence-electron chi connectivity index (χ3n) is 5.18. The van der Waals surface area contributed by atoms with Crippen molar-refractivity contribution in [3.05, 3.63) is 47.5 Å². The Labute approximate surface area is 206 Å². The minimum Gasteiger partial charge on any atom is -0.496 e. The second kappa shape index (κ2) is 12.4. The van der Waals surface area contributed by atoms with Gasteiger partial charge in [0.05, 0.1) is 33.4 Å². The molecular weight excluding hydrogens is 523 g/mol. The molecule has 2 aromatic carbocycles. The minimum atomic E-state index is 0. The molecule has 0 bridgehead atoms. The fourth-order valence-corrected chi connectivity index (χ4v) is 3.64. The molecular formula is C23H31IN4O4. The Morgan fingerprint density at radius 1 is 1.09 bits per heavy atom. The van der Waals surface area contributed by atoms with Crippen LogP contribution in [0.15, 0.2) is 41.4 Å². The van der Waals surface area contributed by atoms with E-state index in [1.165, 1.54) is 0 Å². The number of guanidine groups is 1. The summed E-state index contributed by atoms with van der Waals surface area (Å²) in [6.07, 6.45) is 0.434. The second-order valence-corrected chi connectivity index (χ2v) is 7.12. The van der Waals surface area contributed by atoms with E-state index in [4.69, 9.17) is 19.2 Å².